The van der Waals surface area contributed by atoms with Crippen molar-refractivity contribution in [1.82, 2.24) is 4.98 Å². The fourth-order valence-electron chi connectivity index (χ4n) is 2.74. The number of para-hydroxylation sites is 1. The maximum atomic E-state index is 11.1. The number of rotatable bonds is 8. The molecule has 3 rings (SSSR count). The Morgan fingerprint density at radius 1 is 1.19 bits per heavy atom. The Morgan fingerprint density at radius 2 is 2.00 bits per heavy atom. The Morgan fingerprint density at radius 3 is 2.70 bits per heavy atom. The second kappa shape index (κ2) is 8.68. The van der Waals surface area contributed by atoms with Crippen LogP contribution in [0.5, 0.6) is 11.5 Å². The van der Waals surface area contributed by atoms with Crippen LogP contribution in [0.2, 0.25) is 0 Å². The molecule has 1 aromatic heterocycles. The molecule has 140 valence electrons. The molecule has 27 heavy (non-hydrogen) atoms. The minimum Gasteiger partial charge on any atom is -0.493 e. The summed E-state index contributed by atoms with van der Waals surface area (Å²) in [5.41, 5.74) is 2.72. The van der Waals surface area contributed by atoms with Crippen molar-refractivity contribution in [3.05, 3.63) is 53.0 Å². The molecular formula is C21H21NO4S. The second-order valence-electron chi connectivity index (χ2n) is 5.89. The summed E-state index contributed by atoms with van der Waals surface area (Å²) in [7, 11) is 1.60. The van der Waals surface area contributed by atoms with Crippen LogP contribution in [0.4, 0.5) is 0 Å². The number of aliphatic carboxylic acids is 1. The van der Waals surface area contributed by atoms with Crippen molar-refractivity contribution in [2.75, 3.05) is 13.7 Å². The van der Waals surface area contributed by atoms with E-state index in [0.717, 1.165) is 26.4 Å². The molecule has 0 aliphatic heterocycles. The number of fused-ring (bicyclic) bond motifs is 1. The lowest BCUT2D eigenvalue weighted by atomic mass is 10.1. The molecule has 0 aliphatic carbocycles. The molecule has 0 unspecified atom stereocenters. The van der Waals surface area contributed by atoms with Crippen molar-refractivity contribution in [1.29, 1.82) is 0 Å². The zero-order valence-electron chi connectivity index (χ0n) is 15.3. The molecule has 6 heteroatoms. The number of methoxy groups -OCH3 is 1. The lowest BCUT2D eigenvalue weighted by Crippen LogP contribution is -1.97. The van der Waals surface area contributed by atoms with Gasteiger partial charge >= 0.3 is 5.97 Å². The van der Waals surface area contributed by atoms with Gasteiger partial charge in [-0.05, 0) is 54.8 Å². The number of carboxylic acids is 1. The number of ether oxygens (including phenoxy) is 2. The molecule has 0 atom stereocenters. The molecule has 0 aliphatic rings. The lowest BCUT2D eigenvalue weighted by Gasteiger charge is -2.10. The van der Waals surface area contributed by atoms with E-state index >= 15 is 0 Å². The van der Waals surface area contributed by atoms with Crippen molar-refractivity contribution >= 4 is 39.2 Å². The Labute approximate surface area is 161 Å². The average Bonchev–Trinajstić information content (AvgIpc) is 3.10. The van der Waals surface area contributed by atoms with E-state index < -0.39 is 5.97 Å². The van der Waals surface area contributed by atoms with Gasteiger partial charge in [0.05, 0.1) is 23.9 Å². The van der Waals surface area contributed by atoms with E-state index in [2.05, 4.69) is 4.98 Å². The molecule has 0 spiro atoms. The van der Waals surface area contributed by atoms with Gasteiger partial charge in [0, 0.05) is 6.42 Å². The predicted molar refractivity (Wildman–Crippen MR) is 109 cm³/mol. The first-order chi connectivity index (χ1) is 13.1. The quantitative estimate of drug-likeness (QED) is 0.585. The number of thiazole rings is 1. The fraction of sp³-hybridized carbons (Fsp3) is 0.238. The lowest BCUT2D eigenvalue weighted by molar-refractivity contribution is -0.136. The fourth-order valence-corrected chi connectivity index (χ4v) is 3.75. The molecule has 0 amide bonds. The maximum Gasteiger partial charge on any atom is 0.303 e. The number of nitrogens with zero attached hydrogens (tertiary/aromatic N) is 1. The molecule has 5 nitrogen and oxygen atoms in total. The summed E-state index contributed by atoms with van der Waals surface area (Å²) in [4.78, 5) is 15.8. The summed E-state index contributed by atoms with van der Waals surface area (Å²) in [6.07, 6.45) is 2.43. The number of benzene rings is 2. The van der Waals surface area contributed by atoms with Crippen LogP contribution in [-0.4, -0.2) is 29.8 Å². The topological polar surface area (TPSA) is 68.7 Å². The standard InChI is InChI=1S/C21H21NO4S/c1-3-26-17-10-8-14(13-18(17)25-2)12-15(9-11-20(23)24)21-22-16-6-4-5-7-19(16)27-21/h4-8,10,12-13H,3,9,11H2,1-2H3,(H,23,24). The van der Waals surface area contributed by atoms with Crippen LogP contribution in [-0.2, 0) is 4.79 Å². The molecule has 0 saturated carbocycles. The van der Waals surface area contributed by atoms with Crippen molar-refractivity contribution in [3.8, 4) is 11.5 Å². The minimum absolute atomic E-state index is 0.0515. The van der Waals surface area contributed by atoms with Crippen LogP contribution < -0.4 is 9.47 Å². The third-order valence-electron chi connectivity index (χ3n) is 4.01. The largest absolute Gasteiger partial charge is 0.493 e. The highest BCUT2D eigenvalue weighted by atomic mass is 32.1. The molecule has 1 N–H and O–H groups in total. The number of carboxylic acid groups (broad SMARTS) is 1. The van der Waals surface area contributed by atoms with Crippen LogP contribution in [0, 0.1) is 0 Å². The number of hydrogen-bond donors (Lipinski definition) is 1. The SMILES string of the molecule is CCOc1ccc(C=C(CCC(=O)O)c2nc3ccccc3s2)cc1OC. The van der Waals surface area contributed by atoms with Gasteiger partial charge in [0.15, 0.2) is 11.5 Å². The normalized spacial score (nSPS) is 11.6. The molecule has 2 aromatic carbocycles. The highest BCUT2D eigenvalue weighted by Gasteiger charge is 2.12. The molecule has 0 fully saturated rings. The van der Waals surface area contributed by atoms with Gasteiger partial charge in [0.1, 0.15) is 5.01 Å². The molecule has 0 radical (unpaired) electrons. The average molecular weight is 383 g/mol. The van der Waals surface area contributed by atoms with Crippen molar-refractivity contribution in [2.24, 2.45) is 0 Å². The summed E-state index contributed by atoms with van der Waals surface area (Å²) in [6, 6.07) is 13.6. The zero-order valence-corrected chi connectivity index (χ0v) is 16.1. The van der Waals surface area contributed by atoms with Crippen molar-refractivity contribution < 1.29 is 19.4 Å². The summed E-state index contributed by atoms with van der Waals surface area (Å²) >= 11 is 1.57. The van der Waals surface area contributed by atoms with Crippen LogP contribution in [0.25, 0.3) is 21.9 Å². The molecule has 1 heterocycles. The summed E-state index contributed by atoms with van der Waals surface area (Å²) in [5.74, 6) is 0.503. The van der Waals surface area contributed by atoms with E-state index in [4.69, 9.17) is 14.6 Å². The van der Waals surface area contributed by atoms with E-state index in [1.165, 1.54) is 0 Å². The molecule has 3 aromatic rings. The Balaban J connectivity index is 2.00. The highest BCUT2D eigenvalue weighted by Crippen LogP contribution is 2.33. The van der Waals surface area contributed by atoms with E-state index in [0.29, 0.717) is 24.5 Å². The highest BCUT2D eigenvalue weighted by molar-refractivity contribution is 7.19. The molecule has 0 bridgehead atoms. The number of aromatic nitrogens is 1. The summed E-state index contributed by atoms with van der Waals surface area (Å²) in [6.45, 7) is 2.48. The summed E-state index contributed by atoms with van der Waals surface area (Å²) in [5, 5.41) is 9.95. The van der Waals surface area contributed by atoms with Gasteiger partial charge in [-0.15, -0.1) is 11.3 Å². The van der Waals surface area contributed by atoms with Crippen molar-refractivity contribution in [3.63, 3.8) is 0 Å². The second-order valence-corrected chi connectivity index (χ2v) is 6.92. The number of allylic oxidation sites excluding steroid dienone is 1. The first-order valence-electron chi connectivity index (χ1n) is 8.70. The van der Waals surface area contributed by atoms with E-state index in [-0.39, 0.29) is 6.42 Å². The van der Waals surface area contributed by atoms with Gasteiger partial charge in [-0.2, -0.15) is 0 Å². The van der Waals surface area contributed by atoms with Gasteiger partial charge in [-0.25, -0.2) is 4.98 Å². The Bertz CT molecular complexity index is 944. The van der Waals surface area contributed by atoms with E-state index in [1.807, 2.05) is 55.5 Å². The zero-order chi connectivity index (χ0) is 19.2. The minimum atomic E-state index is -0.828. The smallest absolute Gasteiger partial charge is 0.303 e. The monoisotopic (exact) mass is 383 g/mol. The van der Waals surface area contributed by atoms with Crippen LogP contribution in [0.3, 0.4) is 0 Å². The van der Waals surface area contributed by atoms with Gasteiger partial charge in [-0.1, -0.05) is 18.2 Å². The first kappa shape index (κ1) is 18.9. The Hall–Kier alpha value is -2.86. The van der Waals surface area contributed by atoms with Gasteiger partial charge in [0.2, 0.25) is 0 Å². The third-order valence-corrected chi connectivity index (χ3v) is 5.12. The van der Waals surface area contributed by atoms with Crippen LogP contribution in [0.15, 0.2) is 42.5 Å². The number of hydrogen-bond acceptors (Lipinski definition) is 5. The van der Waals surface area contributed by atoms with Gasteiger partial charge < -0.3 is 14.6 Å². The summed E-state index contributed by atoms with van der Waals surface area (Å²) < 4.78 is 12.0. The van der Waals surface area contributed by atoms with Gasteiger partial charge in [-0.3, -0.25) is 4.79 Å². The van der Waals surface area contributed by atoms with Crippen LogP contribution >= 0.6 is 11.3 Å². The first-order valence-corrected chi connectivity index (χ1v) is 9.51. The third kappa shape index (κ3) is 4.65. The van der Waals surface area contributed by atoms with Crippen molar-refractivity contribution in [2.45, 2.75) is 19.8 Å². The maximum absolute atomic E-state index is 11.1. The van der Waals surface area contributed by atoms with Gasteiger partial charge in [0.25, 0.3) is 0 Å². The van der Waals surface area contributed by atoms with Crippen LogP contribution in [0.1, 0.15) is 30.3 Å². The van der Waals surface area contributed by atoms with E-state index in [1.54, 1.807) is 18.4 Å². The Kier molecular flexibility index (Phi) is 6.08. The predicted octanol–water partition coefficient (Wildman–Crippen LogP) is 5.11. The van der Waals surface area contributed by atoms with E-state index in [9.17, 15) is 4.79 Å². The molecule has 0 saturated heterocycles. The number of carbonyl (C=O) groups is 1. The molecular weight excluding hydrogens is 362 g/mol.